The molecule has 0 unspecified atom stereocenters. The molecule has 4 rings (SSSR count). The fourth-order valence-electron chi connectivity index (χ4n) is 4.62. The summed E-state index contributed by atoms with van der Waals surface area (Å²) in [7, 11) is 0. The number of hydrogen-bond acceptors (Lipinski definition) is 6. The molecule has 0 atom stereocenters. The predicted molar refractivity (Wildman–Crippen MR) is 174 cm³/mol. The Morgan fingerprint density at radius 1 is 0.477 bits per heavy atom. The SMILES string of the molecule is CCOC(=O)Oc1ccc(C(=CC=C(c2ccc(CC)cc2)c2ccc(CC)cc2)c2ccc(OC(=O)OCC)cc2)cc1. The first-order valence-corrected chi connectivity index (χ1v) is 14.9. The molecule has 0 spiro atoms. The van der Waals surface area contributed by atoms with Gasteiger partial charge >= 0.3 is 12.3 Å². The average molecular weight is 591 g/mol. The lowest BCUT2D eigenvalue weighted by Gasteiger charge is -2.13. The quantitative estimate of drug-likeness (QED) is 0.0984. The van der Waals surface area contributed by atoms with Gasteiger partial charge in [-0.2, -0.15) is 0 Å². The van der Waals surface area contributed by atoms with Crippen LogP contribution in [0.1, 0.15) is 61.1 Å². The Morgan fingerprint density at radius 3 is 1.05 bits per heavy atom. The number of allylic oxidation sites excluding steroid dienone is 2. The fraction of sp³-hybridized carbons (Fsp3) is 0.211. The first kappa shape index (κ1) is 31.8. The van der Waals surface area contributed by atoms with E-state index in [1.807, 2.05) is 24.3 Å². The topological polar surface area (TPSA) is 71.1 Å². The summed E-state index contributed by atoms with van der Waals surface area (Å²) in [4.78, 5) is 23.6. The molecule has 0 radical (unpaired) electrons. The lowest BCUT2D eigenvalue weighted by molar-refractivity contribution is 0.103. The van der Waals surface area contributed by atoms with Crippen LogP contribution in [0.15, 0.2) is 109 Å². The standard InChI is InChI=1S/C38H38O6/c1-5-27-9-13-29(14-10-27)35(30-15-11-28(6-2)12-16-30)25-26-36(31-17-21-33(22-18-31)43-37(39)41-7-3)32-19-23-34(24-20-32)44-38(40)42-8-4/h9-26H,5-8H2,1-4H3. The molecule has 0 aliphatic rings. The maximum atomic E-state index is 11.8. The van der Waals surface area contributed by atoms with Crippen LogP contribution in [0.25, 0.3) is 11.1 Å². The van der Waals surface area contributed by atoms with E-state index in [2.05, 4.69) is 74.5 Å². The molecule has 0 fully saturated rings. The van der Waals surface area contributed by atoms with E-state index in [4.69, 9.17) is 18.9 Å². The van der Waals surface area contributed by atoms with Crippen LogP contribution in [0, 0.1) is 0 Å². The zero-order valence-electron chi connectivity index (χ0n) is 25.7. The second kappa shape index (κ2) is 15.9. The number of benzene rings is 4. The van der Waals surface area contributed by atoms with Crippen LogP contribution < -0.4 is 9.47 Å². The summed E-state index contributed by atoms with van der Waals surface area (Å²) in [5.74, 6) is 0.765. The number of ether oxygens (including phenoxy) is 4. The fourth-order valence-corrected chi connectivity index (χ4v) is 4.62. The summed E-state index contributed by atoms with van der Waals surface area (Å²) < 4.78 is 20.3. The molecule has 0 aliphatic carbocycles. The normalized spacial score (nSPS) is 10.4. The van der Waals surface area contributed by atoms with Crippen LogP contribution in [0.3, 0.4) is 0 Å². The van der Waals surface area contributed by atoms with Gasteiger partial charge in [-0.15, -0.1) is 0 Å². The highest BCUT2D eigenvalue weighted by atomic mass is 16.7. The molecule has 4 aromatic rings. The maximum absolute atomic E-state index is 11.8. The summed E-state index contributed by atoms with van der Waals surface area (Å²) in [6.07, 6.45) is 4.66. The average Bonchev–Trinajstić information content (AvgIpc) is 3.05. The van der Waals surface area contributed by atoms with Crippen molar-refractivity contribution in [3.63, 3.8) is 0 Å². The molecular formula is C38H38O6. The third-order valence-electron chi connectivity index (χ3n) is 7.02. The van der Waals surface area contributed by atoms with Crippen LogP contribution in [0.4, 0.5) is 9.59 Å². The third kappa shape index (κ3) is 8.71. The molecule has 0 amide bonds. The molecule has 4 aromatic carbocycles. The Bertz CT molecular complexity index is 1460. The van der Waals surface area contributed by atoms with Crippen LogP contribution in [-0.2, 0) is 22.3 Å². The van der Waals surface area contributed by atoms with Gasteiger partial charge in [0.05, 0.1) is 13.2 Å². The molecule has 6 nitrogen and oxygen atoms in total. The molecule has 0 saturated carbocycles. The van der Waals surface area contributed by atoms with Gasteiger partial charge in [0, 0.05) is 0 Å². The Hall–Kier alpha value is -5.10. The molecule has 44 heavy (non-hydrogen) atoms. The summed E-state index contributed by atoms with van der Waals surface area (Å²) in [6.45, 7) is 8.21. The van der Waals surface area contributed by atoms with Crippen molar-refractivity contribution in [1.82, 2.24) is 0 Å². The number of carbonyl (C=O) groups is 2. The minimum atomic E-state index is -0.746. The largest absolute Gasteiger partial charge is 0.513 e. The van der Waals surface area contributed by atoms with Crippen molar-refractivity contribution in [2.24, 2.45) is 0 Å². The smallest absolute Gasteiger partial charge is 0.434 e. The predicted octanol–water partition coefficient (Wildman–Crippen LogP) is 9.45. The Kier molecular flexibility index (Phi) is 11.5. The van der Waals surface area contributed by atoms with E-state index < -0.39 is 12.3 Å². The molecular weight excluding hydrogens is 552 g/mol. The molecule has 0 saturated heterocycles. The van der Waals surface area contributed by atoms with Gasteiger partial charge in [-0.3, -0.25) is 0 Å². The van der Waals surface area contributed by atoms with E-state index in [-0.39, 0.29) is 13.2 Å². The Balaban J connectivity index is 1.79. The summed E-state index contributed by atoms with van der Waals surface area (Å²) in [6, 6.07) is 31.8. The zero-order valence-corrected chi connectivity index (χ0v) is 25.7. The van der Waals surface area contributed by atoms with Crippen molar-refractivity contribution >= 4 is 23.5 Å². The van der Waals surface area contributed by atoms with Crippen LogP contribution in [-0.4, -0.2) is 25.5 Å². The van der Waals surface area contributed by atoms with Crippen LogP contribution in [0.2, 0.25) is 0 Å². The van der Waals surface area contributed by atoms with Gasteiger partial charge in [0.2, 0.25) is 0 Å². The highest BCUT2D eigenvalue weighted by molar-refractivity contribution is 5.86. The Morgan fingerprint density at radius 2 is 0.773 bits per heavy atom. The highest BCUT2D eigenvalue weighted by Gasteiger charge is 2.11. The van der Waals surface area contributed by atoms with Crippen molar-refractivity contribution in [2.45, 2.75) is 40.5 Å². The second-order valence-corrected chi connectivity index (χ2v) is 9.88. The van der Waals surface area contributed by atoms with Gasteiger partial charge in [-0.1, -0.05) is 98.8 Å². The monoisotopic (exact) mass is 590 g/mol. The first-order chi connectivity index (χ1) is 21.4. The minimum absolute atomic E-state index is 0.233. The highest BCUT2D eigenvalue weighted by Crippen LogP contribution is 2.30. The molecule has 0 N–H and O–H groups in total. The molecule has 0 heterocycles. The van der Waals surface area contributed by atoms with E-state index >= 15 is 0 Å². The van der Waals surface area contributed by atoms with Crippen LogP contribution >= 0.6 is 0 Å². The lowest BCUT2D eigenvalue weighted by Crippen LogP contribution is -2.10. The molecule has 0 bridgehead atoms. The summed E-state index contributed by atoms with van der Waals surface area (Å²) in [5, 5.41) is 0. The minimum Gasteiger partial charge on any atom is -0.434 e. The third-order valence-corrected chi connectivity index (χ3v) is 7.02. The Labute approximate surface area is 259 Å². The van der Waals surface area contributed by atoms with Crippen molar-refractivity contribution < 1.29 is 28.5 Å². The van der Waals surface area contributed by atoms with E-state index in [9.17, 15) is 9.59 Å². The molecule has 226 valence electrons. The number of aryl methyl sites for hydroxylation is 2. The van der Waals surface area contributed by atoms with Gasteiger partial charge in [0.15, 0.2) is 0 Å². The van der Waals surface area contributed by atoms with E-state index in [0.717, 1.165) is 46.2 Å². The maximum Gasteiger partial charge on any atom is 0.513 e. The molecule has 6 heteroatoms. The van der Waals surface area contributed by atoms with Gasteiger partial charge in [0.25, 0.3) is 0 Å². The van der Waals surface area contributed by atoms with Crippen molar-refractivity contribution in [3.05, 3.63) is 143 Å². The summed E-state index contributed by atoms with van der Waals surface area (Å²) >= 11 is 0. The number of carbonyl (C=O) groups excluding carboxylic acids is 2. The first-order valence-electron chi connectivity index (χ1n) is 14.9. The molecule has 0 aromatic heterocycles. The lowest BCUT2D eigenvalue weighted by atomic mass is 9.93. The van der Waals surface area contributed by atoms with Gasteiger partial charge in [-0.25, -0.2) is 9.59 Å². The van der Waals surface area contributed by atoms with Crippen LogP contribution in [0.5, 0.6) is 11.5 Å². The van der Waals surface area contributed by atoms with Crippen molar-refractivity contribution in [3.8, 4) is 11.5 Å². The summed E-state index contributed by atoms with van der Waals surface area (Å²) in [5.41, 5.74) is 8.58. The van der Waals surface area contributed by atoms with E-state index in [0.29, 0.717) is 11.5 Å². The van der Waals surface area contributed by atoms with E-state index in [1.165, 1.54) is 11.1 Å². The zero-order chi connectivity index (χ0) is 31.3. The van der Waals surface area contributed by atoms with Crippen molar-refractivity contribution in [1.29, 1.82) is 0 Å². The van der Waals surface area contributed by atoms with Crippen molar-refractivity contribution in [2.75, 3.05) is 13.2 Å². The number of hydrogen-bond donors (Lipinski definition) is 0. The molecule has 0 aliphatic heterocycles. The van der Waals surface area contributed by atoms with Gasteiger partial charge in [0.1, 0.15) is 11.5 Å². The van der Waals surface area contributed by atoms with Gasteiger partial charge < -0.3 is 18.9 Å². The second-order valence-electron chi connectivity index (χ2n) is 9.88. The van der Waals surface area contributed by atoms with Gasteiger partial charge in [-0.05, 0) is 95.5 Å². The number of rotatable bonds is 11. The van der Waals surface area contributed by atoms with E-state index in [1.54, 1.807) is 38.1 Å².